The van der Waals surface area contributed by atoms with Crippen molar-refractivity contribution >= 4 is 29.3 Å². The van der Waals surface area contributed by atoms with Crippen molar-refractivity contribution in [1.29, 1.82) is 0 Å². The molecule has 14 heteroatoms. The Bertz CT molecular complexity index is 1880. The summed E-state index contributed by atoms with van der Waals surface area (Å²) in [5.74, 6) is -0.611. The number of nitrogens with one attached hydrogen (secondary N) is 3. The van der Waals surface area contributed by atoms with Crippen LogP contribution in [-0.4, -0.2) is 81.5 Å². The third-order valence-corrected chi connectivity index (χ3v) is 8.81. The van der Waals surface area contributed by atoms with Gasteiger partial charge in [-0.15, -0.1) is 0 Å². The monoisotopic (exact) mass is 701 g/mol. The number of imidazole rings is 1. The lowest BCUT2D eigenvalue weighted by molar-refractivity contribution is -0.137. The minimum Gasteiger partial charge on any atom is -0.493 e. The largest absolute Gasteiger partial charge is 0.493 e. The maximum atomic E-state index is 14.0. The lowest BCUT2D eigenvalue weighted by Gasteiger charge is -2.32. The normalized spacial score (nSPS) is 18.6. The third kappa shape index (κ3) is 9.04. The molecule has 4 aromatic rings. The molecule has 3 atom stereocenters. The van der Waals surface area contributed by atoms with Crippen LogP contribution in [0.2, 0.25) is 0 Å². The average molecular weight is 702 g/mol. The number of fused-ring (bicyclic) bond motifs is 3. The molecule has 14 nitrogen and oxygen atoms in total. The molecule has 3 aromatic heterocycles. The van der Waals surface area contributed by atoms with Crippen molar-refractivity contribution in [2.24, 2.45) is 11.8 Å². The van der Waals surface area contributed by atoms with E-state index >= 15 is 0 Å². The van der Waals surface area contributed by atoms with Crippen LogP contribution in [0.4, 0.5) is 0 Å². The van der Waals surface area contributed by atoms with E-state index in [4.69, 9.17) is 14.0 Å². The molecule has 1 aliphatic rings. The molecule has 0 unspecified atom stereocenters. The standard InChI is InChI=1S/C37H47N7O7/c1-21(2)13-26-15-28(51-42-26)18-39-37(48)34-24(6)40-32(45)20-43(33(46)16-27-17-38-35-23(5)9-8-12-44(27)35)19-29(22(3)4)41-36(47)25-10-11-30(49-7)31(14-25)50-34/h8-12,14-15,17,21-22,24,29,34H,13,16,18-20H2,1-7H3,(H,39,48)(H,40,45)(H,41,47)/t24-,29+,34+/m0/s1. The lowest BCUT2D eigenvalue weighted by Crippen LogP contribution is -2.55. The molecule has 0 spiro atoms. The van der Waals surface area contributed by atoms with Gasteiger partial charge in [0.1, 0.15) is 5.65 Å². The topological polar surface area (TPSA) is 169 Å². The quantitative estimate of drug-likeness (QED) is 0.237. The maximum Gasteiger partial charge on any atom is 0.263 e. The first-order valence-electron chi connectivity index (χ1n) is 17.2. The lowest BCUT2D eigenvalue weighted by atomic mass is 10.0. The number of methoxy groups -OCH3 is 1. The van der Waals surface area contributed by atoms with Crippen LogP contribution in [0.5, 0.6) is 11.5 Å². The highest BCUT2D eigenvalue weighted by atomic mass is 16.5. The van der Waals surface area contributed by atoms with Crippen molar-refractivity contribution in [3.63, 3.8) is 0 Å². The van der Waals surface area contributed by atoms with Gasteiger partial charge in [-0.3, -0.25) is 19.2 Å². The molecular weight excluding hydrogens is 654 g/mol. The van der Waals surface area contributed by atoms with Crippen molar-refractivity contribution in [2.75, 3.05) is 20.2 Å². The van der Waals surface area contributed by atoms with E-state index in [9.17, 15) is 19.2 Å². The van der Waals surface area contributed by atoms with Gasteiger partial charge in [0.15, 0.2) is 23.4 Å². The first-order chi connectivity index (χ1) is 24.3. The summed E-state index contributed by atoms with van der Waals surface area (Å²) in [7, 11) is 1.45. The molecular formula is C37H47N7O7. The number of aryl methyl sites for hydroxylation is 1. The van der Waals surface area contributed by atoms with Crippen LogP contribution in [0.3, 0.4) is 0 Å². The van der Waals surface area contributed by atoms with Gasteiger partial charge in [-0.05, 0) is 61.9 Å². The van der Waals surface area contributed by atoms with Crippen molar-refractivity contribution < 1.29 is 33.2 Å². The Hall–Kier alpha value is -5.40. The molecule has 1 aliphatic heterocycles. The van der Waals surface area contributed by atoms with E-state index in [1.54, 1.807) is 31.3 Å². The molecule has 1 aromatic carbocycles. The number of carbonyl (C=O) groups excluding carboxylic acids is 4. The van der Waals surface area contributed by atoms with Gasteiger partial charge < -0.3 is 39.2 Å². The van der Waals surface area contributed by atoms with Gasteiger partial charge in [-0.25, -0.2) is 4.98 Å². The summed E-state index contributed by atoms with van der Waals surface area (Å²) < 4.78 is 19.0. The second kappa shape index (κ2) is 16.1. The fourth-order valence-electron chi connectivity index (χ4n) is 5.97. The van der Waals surface area contributed by atoms with Gasteiger partial charge in [-0.1, -0.05) is 38.9 Å². The number of hydrogen-bond acceptors (Lipinski definition) is 9. The minimum absolute atomic E-state index is 0.0251. The minimum atomic E-state index is -1.27. The van der Waals surface area contributed by atoms with Gasteiger partial charge in [0.2, 0.25) is 11.8 Å². The van der Waals surface area contributed by atoms with Crippen molar-refractivity contribution in [3.8, 4) is 11.5 Å². The SMILES string of the molecule is COc1ccc2cc1O[C@@H](C(=O)NCc1cc(CC(C)C)no1)[C@H](C)NC(=O)CN(C(=O)Cc1cnc3c(C)cccn13)C[C@H](C(C)C)NC2=O. The van der Waals surface area contributed by atoms with Crippen LogP contribution in [0.25, 0.3) is 5.65 Å². The van der Waals surface area contributed by atoms with Crippen LogP contribution in [0.15, 0.2) is 53.3 Å². The highest BCUT2D eigenvalue weighted by Crippen LogP contribution is 2.30. The highest BCUT2D eigenvalue weighted by Gasteiger charge is 2.33. The number of hydrogen-bond donors (Lipinski definition) is 3. The Balaban J connectivity index is 1.44. The summed E-state index contributed by atoms with van der Waals surface area (Å²) >= 11 is 0. The van der Waals surface area contributed by atoms with Crippen LogP contribution in [0, 0.1) is 18.8 Å². The Morgan fingerprint density at radius 3 is 2.63 bits per heavy atom. The van der Waals surface area contributed by atoms with Crippen LogP contribution >= 0.6 is 0 Å². The molecule has 51 heavy (non-hydrogen) atoms. The van der Waals surface area contributed by atoms with Crippen LogP contribution in [-0.2, 0) is 33.8 Å². The zero-order chi connectivity index (χ0) is 36.8. The first kappa shape index (κ1) is 36.9. The number of nitrogens with zero attached hydrogens (tertiary/aromatic N) is 4. The van der Waals surface area contributed by atoms with E-state index in [2.05, 4.69) is 39.9 Å². The number of benzene rings is 1. The fourth-order valence-corrected chi connectivity index (χ4v) is 5.97. The molecule has 2 bridgehead atoms. The number of ether oxygens (including phenoxy) is 2. The Morgan fingerprint density at radius 1 is 1.12 bits per heavy atom. The van der Waals surface area contributed by atoms with Crippen molar-refractivity contribution in [2.45, 2.75) is 79.1 Å². The second-order valence-electron chi connectivity index (χ2n) is 13.8. The summed E-state index contributed by atoms with van der Waals surface area (Å²) in [5, 5.41) is 12.8. The molecule has 0 radical (unpaired) electrons. The van der Waals surface area contributed by atoms with Gasteiger partial charge in [0.25, 0.3) is 11.8 Å². The number of aromatic nitrogens is 3. The highest BCUT2D eigenvalue weighted by molar-refractivity contribution is 5.95. The summed E-state index contributed by atoms with van der Waals surface area (Å²) in [6, 6.07) is 8.90. The van der Waals surface area contributed by atoms with Crippen LogP contribution in [0.1, 0.15) is 67.7 Å². The zero-order valence-electron chi connectivity index (χ0n) is 30.2. The Morgan fingerprint density at radius 2 is 1.90 bits per heavy atom. The van der Waals surface area contributed by atoms with Gasteiger partial charge in [0.05, 0.1) is 44.0 Å². The van der Waals surface area contributed by atoms with E-state index < -0.39 is 35.9 Å². The molecule has 272 valence electrons. The molecule has 4 amide bonds. The van der Waals surface area contributed by atoms with E-state index in [1.807, 2.05) is 43.5 Å². The molecule has 0 saturated carbocycles. The fraction of sp³-hybridized carbons (Fsp3) is 0.459. The summed E-state index contributed by atoms with van der Waals surface area (Å²) in [4.78, 5) is 60.9. The van der Waals surface area contributed by atoms with Crippen molar-refractivity contribution in [1.82, 2.24) is 35.4 Å². The first-order valence-corrected chi connectivity index (χ1v) is 17.2. The number of rotatable bonds is 9. The number of carbonyl (C=O) groups is 4. The Kier molecular flexibility index (Phi) is 11.6. The molecule has 0 fully saturated rings. The van der Waals surface area contributed by atoms with Gasteiger partial charge >= 0.3 is 0 Å². The van der Waals surface area contributed by atoms with Crippen molar-refractivity contribution in [3.05, 3.63) is 77.1 Å². The Labute approximate surface area is 297 Å². The van der Waals surface area contributed by atoms with Gasteiger partial charge in [0, 0.05) is 36.6 Å². The molecule has 3 N–H and O–H groups in total. The summed E-state index contributed by atoms with van der Waals surface area (Å²) in [5.41, 5.74) is 3.41. The van der Waals surface area contributed by atoms with E-state index in [0.717, 1.165) is 23.3 Å². The maximum absolute atomic E-state index is 14.0. The average Bonchev–Trinajstić information content (AvgIpc) is 3.71. The smallest absolute Gasteiger partial charge is 0.263 e. The van der Waals surface area contributed by atoms with Gasteiger partial charge in [-0.2, -0.15) is 0 Å². The van der Waals surface area contributed by atoms with E-state index in [0.29, 0.717) is 23.1 Å². The molecule has 4 heterocycles. The summed E-state index contributed by atoms with van der Waals surface area (Å²) in [6.45, 7) is 11.4. The number of amides is 4. The summed E-state index contributed by atoms with van der Waals surface area (Å²) in [6.07, 6.45) is 2.93. The molecule has 0 aliphatic carbocycles. The third-order valence-electron chi connectivity index (χ3n) is 8.81. The number of pyridine rings is 1. The van der Waals surface area contributed by atoms with E-state index in [-0.39, 0.29) is 49.2 Å². The molecule has 0 saturated heterocycles. The second-order valence-corrected chi connectivity index (χ2v) is 13.8. The van der Waals surface area contributed by atoms with Crippen LogP contribution < -0.4 is 25.4 Å². The predicted molar refractivity (Wildman–Crippen MR) is 188 cm³/mol. The predicted octanol–water partition coefficient (Wildman–Crippen LogP) is 3.25. The van der Waals surface area contributed by atoms with E-state index in [1.165, 1.54) is 18.1 Å². The molecule has 5 rings (SSSR count). The zero-order valence-corrected chi connectivity index (χ0v) is 30.2.